The van der Waals surface area contributed by atoms with Gasteiger partial charge in [0, 0.05) is 24.4 Å². The predicted molar refractivity (Wildman–Crippen MR) is 90.2 cm³/mol. The summed E-state index contributed by atoms with van der Waals surface area (Å²) in [7, 11) is 1.62. The fourth-order valence-corrected chi connectivity index (χ4v) is 1.98. The maximum atomic E-state index is 12.2. The van der Waals surface area contributed by atoms with Gasteiger partial charge in [-0.3, -0.25) is 4.79 Å². The highest BCUT2D eigenvalue weighted by Gasteiger charge is 2.11. The number of benzene rings is 1. The molecule has 1 heterocycles. The maximum Gasteiger partial charge on any atom is 0.270 e. The second kappa shape index (κ2) is 7.58. The largest absolute Gasteiger partial charge is 0.497 e. The van der Waals surface area contributed by atoms with Crippen molar-refractivity contribution in [3.05, 3.63) is 41.9 Å². The number of carbonyl (C=O) groups excluding carboxylic acids is 1. The number of methoxy groups -OCH3 is 1. The molecule has 23 heavy (non-hydrogen) atoms. The lowest BCUT2D eigenvalue weighted by atomic mass is 10.2. The standard InChI is InChI=1S/C17H22N4O2/c1-11(2)10-18-17(22)15-9-16(20-12(3)19-15)21-13-6-5-7-14(8-13)23-4/h5-9,11H,10H2,1-4H3,(H,18,22)(H,19,20,21). The van der Waals surface area contributed by atoms with E-state index >= 15 is 0 Å². The molecule has 0 aliphatic carbocycles. The summed E-state index contributed by atoms with van der Waals surface area (Å²) in [4.78, 5) is 20.7. The number of aromatic nitrogens is 2. The number of aryl methyl sites for hydroxylation is 1. The van der Waals surface area contributed by atoms with Gasteiger partial charge in [-0.25, -0.2) is 9.97 Å². The topological polar surface area (TPSA) is 76.1 Å². The third kappa shape index (κ3) is 4.95. The Bertz CT molecular complexity index is 686. The minimum Gasteiger partial charge on any atom is -0.497 e. The summed E-state index contributed by atoms with van der Waals surface area (Å²) in [5.41, 5.74) is 1.18. The van der Waals surface area contributed by atoms with Crippen molar-refractivity contribution in [2.75, 3.05) is 19.0 Å². The van der Waals surface area contributed by atoms with Gasteiger partial charge in [0.2, 0.25) is 0 Å². The normalized spacial score (nSPS) is 10.5. The van der Waals surface area contributed by atoms with E-state index in [1.165, 1.54) is 0 Å². The van der Waals surface area contributed by atoms with Crippen molar-refractivity contribution in [3.8, 4) is 5.75 Å². The lowest BCUT2D eigenvalue weighted by molar-refractivity contribution is 0.0943. The Morgan fingerprint density at radius 3 is 2.74 bits per heavy atom. The molecule has 0 saturated carbocycles. The molecule has 0 saturated heterocycles. The molecule has 1 aromatic heterocycles. The predicted octanol–water partition coefficient (Wildman–Crippen LogP) is 2.92. The van der Waals surface area contributed by atoms with E-state index in [0.29, 0.717) is 29.8 Å². The maximum absolute atomic E-state index is 12.2. The Morgan fingerprint density at radius 1 is 1.26 bits per heavy atom. The van der Waals surface area contributed by atoms with E-state index in [1.54, 1.807) is 20.1 Å². The van der Waals surface area contributed by atoms with Crippen LogP contribution in [0.3, 0.4) is 0 Å². The van der Waals surface area contributed by atoms with E-state index < -0.39 is 0 Å². The average Bonchev–Trinajstić information content (AvgIpc) is 2.52. The second-order valence-corrected chi connectivity index (χ2v) is 5.65. The van der Waals surface area contributed by atoms with Gasteiger partial charge in [-0.2, -0.15) is 0 Å². The number of hydrogen-bond acceptors (Lipinski definition) is 5. The van der Waals surface area contributed by atoms with Gasteiger partial charge in [0.1, 0.15) is 23.1 Å². The molecular weight excluding hydrogens is 292 g/mol. The lowest BCUT2D eigenvalue weighted by Crippen LogP contribution is -2.28. The first-order chi connectivity index (χ1) is 11.0. The summed E-state index contributed by atoms with van der Waals surface area (Å²) in [5.74, 6) is 2.04. The minimum atomic E-state index is -0.196. The van der Waals surface area contributed by atoms with Crippen LogP contribution in [0.1, 0.15) is 30.2 Å². The molecule has 1 aromatic carbocycles. The van der Waals surface area contributed by atoms with Gasteiger partial charge in [0.15, 0.2) is 0 Å². The first kappa shape index (κ1) is 16.7. The summed E-state index contributed by atoms with van der Waals surface area (Å²) in [6, 6.07) is 9.14. The average molecular weight is 314 g/mol. The van der Waals surface area contributed by atoms with Crippen LogP contribution in [0.15, 0.2) is 30.3 Å². The smallest absolute Gasteiger partial charge is 0.270 e. The Labute approximate surface area is 136 Å². The van der Waals surface area contributed by atoms with Crippen LogP contribution in [0.2, 0.25) is 0 Å². The molecule has 0 aliphatic rings. The highest BCUT2D eigenvalue weighted by molar-refractivity contribution is 5.93. The first-order valence-electron chi connectivity index (χ1n) is 7.53. The number of anilines is 2. The van der Waals surface area contributed by atoms with E-state index in [9.17, 15) is 4.79 Å². The summed E-state index contributed by atoms with van der Waals surface area (Å²) >= 11 is 0. The number of rotatable bonds is 6. The van der Waals surface area contributed by atoms with E-state index in [2.05, 4.69) is 20.6 Å². The molecule has 0 aliphatic heterocycles. The van der Waals surface area contributed by atoms with E-state index in [-0.39, 0.29) is 5.91 Å². The summed E-state index contributed by atoms with van der Waals surface area (Å²) in [6.45, 7) is 6.46. The Kier molecular flexibility index (Phi) is 5.51. The number of ether oxygens (including phenoxy) is 1. The van der Waals surface area contributed by atoms with E-state index in [1.807, 2.05) is 38.1 Å². The third-order valence-corrected chi connectivity index (χ3v) is 3.08. The molecule has 2 aromatic rings. The molecule has 122 valence electrons. The molecule has 0 unspecified atom stereocenters. The highest BCUT2D eigenvalue weighted by Crippen LogP contribution is 2.20. The van der Waals surface area contributed by atoms with Crippen molar-refractivity contribution >= 4 is 17.4 Å². The Balaban J connectivity index is 2.17. The van der Waals surface area contributed by atoms with Gasteiger partial charge in [-0.05, 0) is 25.0 Å². The molecule has 6 nitrogen and oxygen atoms in total. The van der Waals surface area contributed by atoms with Gasteiger partial charge < -0.3 is 15.4 Å². The zero-order chi connectivity index (χ0) is 16.8. The fourth-order valence-electron chi connectivity index (χ4n) is 1.98. The fraction of sp³-hybridized carbons (Fsp3) is 0.353. The molecular formula is C17H22N4O2. The summed E-state index contributed by atoms with van der Waals surface area (Å²) in [5, 5.41) is 6.03. The quantitative estimate of drug-likeness (QED) is 0.857. The molecule has 0 fully saturated rings. The molecule has 2 rings (SSSR count). The van der Waals surface area contributed by atoms with Crippen LogP contribution in [0.4, 0.5) is 11.5 Å². The van der Waals surface area contributed by atoms with Crippen molar-refractivity contribution in [3.63, 3.8) is 0 Å². The van der Waals surface area contributed by atoms with Gasteiger partial charge in [0.05, 0.1) is 7.11 Å². The van der Waals surface area contributed by atoms with E-state index in [0.717, 1.165) is 11.4 Å². The zero-order valence-corrected chi connectivity index (χ0v) is 13.9. The molecule has 0 radical (unpaired) electrons. The number of amides is 1. The molecule has 2 N–H and O–H groups in total. The number of nitrogens with one attached hydrogen (secondary N) is 2. The van der Waals surface area contributed by atoms with Crippen LogP contribution in [0, 0.1) is 12.8 Å². The van der Waals surface area contributed by atoms with Crippen LogP contribution in [0.5, 0.6) is 5.75 Å². The first-order valence-corrected chi connectivity index (χ1v) is 7.53. The number of carbonyl (C=O) groups is 1. The zero-order valence-electron chi connectivity index (χ0n) is 13.9. The van der Waals surface area contributed by atoms with Gasteiger partial charge in [0.25, 0.3) is 5.91 Å². The Morgan fingerprint density at radius 2 is 2.04 bits per heavy atom. The van der Waals surface area contributed by atoms with Crippen LogP contribution in [-0.2, 0) is 0 Å². The minimum absolute atomic E-state index is 0.196. The Hall–Kier alpha value is -2.63. The lowest BCUT2D eigenvalue weighted by Gasteiger charge is -2.11. The molecule has 6 heteroatoms. The van der Waals surface area contributed by atoms with Gasteiger partial charge in [-0.1, -0.05) is 19.9 Å². The highest BCUT2D eigenvalue weighted by atomic mass is 16.5. The van der Waals surface area contributed by atoms with Crippen LogP contribution in [-0.4, -0.2) is 29.5 Å². The number of hydrogen-bond donors (Lipinski definition) is 2. The van der Waals surface area contributed by atoms with Crippen molar-refractivity contribution < 1.29 is 9.53 Å². The van der Waals surface area contributed by atoms with Crippen molar-refractivity contribution in [1.82, 2.24) is 15.3 Å². The van der Waals surface area contributed by atoms with Gasteiger partial charge >= 0.3 is 0 Å². The molecule has 0 spiro atoms. The second-order valence-electron chi connectivity index (χ2n) is 5.65. The SMILES string of the molecule is COc1cccc(Nc2cc(C(=O)NCC(C)C)nc(C)n2)c1. The van der Waals surface area contributed by atoms with Crippen LogP contribution in [0.25, 0.3) is 0 Å². The van der Waals surface area contributed by atoms with Crippen molar-refractivity contribution in [2.45, 2.75) is 20.8 Å². The van der Waals surface area contributed by atoms with Crippen molar-refractivity contribution in [1.29, 1.82) is 0 Å². The van der Waals surface area contributed by atoms with E-state index in [4.69, 9.17) is 4.74 Å². The van der Waals surface area contributed by atoms with Gasteiger partial charge in [-0.15, -0.1) is 0 Å². The molecule has 0 atom stereocenters. The van der Waals surface area contributed by atoms with Crippen LogP contribution >= 0.6 is 0 Å². The van der Waals surface area contributed by atoms with Crippen molar-refractivity contribution in [2.24, 2.45) is 5.92 Å². The van der Waals surface area contributed by atoms with Crippen LogP contribution < -0.4 is 15.4 Å². The summed E-state index contributed by atoms with van der Waals surface area (Å²) in [6.07, 6.45) is 0. The summed E-state index contributed by atoms with van der Waals surface area (Å²) < 4.78 is 5.20. The number of nitrogens with zero attached hydrogens (tertiary/aromatic N) is 2. The molecule has 0 bridgehead atoms. The third-order valence-electron chi connectivity index (χ3n) is 3.08. The molecule has 1 amide bonds. The monoisotopic (exact) mass is 314 g/mol.